The zero-order chi connectivity index (χ0) is 13.3. The second-order valence-corrected chi connectivity index (χ2v) is 3.92. The van der Waals surface area contributed by atoms with Gasteiger partial charge in [-0.3, -0.25) is 14.2 Å². The first-order valence-corrected chi connectivity index (χ1v) is 5.35. The number of carboxylic acid groups (broad SMARTS) is 1. The van der Waals surface area contributed by atoms with Gasteiger partial charge in [-0.1, -0.05) is 0 Å². The van der Waals surface area contributed by atoms with Crippen LogP contribution in [-0.2, 0) is 16.1 Å². The van der Waals surface area contributed by atoms with Crippen LogP contribution in [0.15, 0.2) is 15.8 Å². The molecule has 98 valence electrons. The van der Waals surface area contributed by atoms with E-state index in [1.54, 1.807) is 0 Å². The Balaban J connectivity index is 2.55. The second kappa shape index (κ2) is 4.73. The lowest BCUT2D eigenvalue weighted by Gasteiger charge is -2.14. The number of halogens is 1. The maximum Gasteiger partial charge on any atom is 0.333 e. The lowest BCUT2D eigenvalue weighted by Crippen LogP contribution is -2.43. The molecule has 1 aliphatic rings. The number of aliphatic carboxylic acids is 1. The molecule has 1 aromatic heterocycles. The molecule has 18 heavy (non-hydrogen) atoms. The SMILES string of the molecule is O=C(O)Cn1c(=O)c(F)cn([C@H]2CCCO2)c1=O. The Morgan fingerprint density at radius 2 is 2.28 bits per heavy atom. The van der Waals surface area contributed by atoms with Gasteiger partial charge in [-0.2, -0.15) is 4.39 Å². The van der Waals surface area contributed by atoms with Crippen LogP contribution in [0.1, 0.15) is 19.1 Å². The molecular formula is C10H11FN2O5. The number of nitrogens with zero attached hydrogens (tertiary/aromatic N) is 2. The van der Waals surface area contributed by atoms with Gasteiger partial charge in [0.25, 0.3) is 5.56 Å². The molecule has 1 aliphatic heterocycles. The highest BCUT2D eigenvalue weighted by atomic mass is 19.1. The minimum Gasteiger partial charge on any atom is -0.480 e. The molecule has 0 aliphatic carbocycles. The van der Waals surface area contributed by atoms with E-state index >= 15 is 0 Å². The summed E-state index contributed by atoms with van der Waals surface area (Å²) in [5.74, 6) is -2.56. The first kappa shape index (κ1) is 12.5. The quantitative estimate of drug-likeness (QED) is 0.792. The average molecular weight is 258 g/mol. The molecule has 8 heteroatoms. The number of carbonyl (C=O) groups is 1. The van der Waals surface area contributed by atoms with Gasteiger partial charge >= 0.3 is 11.7 Å². The summed E-state index contributed by atoms with van der Waals surface area (Å²) in [6.45, 7) is -0.432. The van der Waals surface area contributed by atoms with Crippen LogP contribution >= 0.6 is 0 Å². The molecule has 2 heterocycles. The molecule has 0 spiro atoms. The lowest BCUT2D eigenvalue weighted by atomic mass is 10.3. The molecule has 1 saturated heterocycles. The second-order valence-electron chi connectivity index (χ2n) is 3.92. The van der Waals surface area contributed by atoms with Crippen molar-refractivity contribution >= 4 is 5.97 Å². The molecule has 0 aromatic carbocycles. The largest absolute Gasteiger partial charge is 0.480 e. The van der Waals surface area contributed by atoms with Crippen molar-refractivity contribution in [3.05, 3.63) is 32.9 Å². The zero-order valence-electron chi connectivity index (χ0n) is 9.34. The maximum absolute atomic E-state index is 13.4. The van der Waals surface area contributed by atoms with E-state index in [0.717, 1.165) is 17.2 Å². The van der Waals surface area contributed by atoms with E-state index in [4.69, 9.17) is 9.84 Å². The van der Waals surface area contributed by atoms with E-state index < -0.39 is 35.8 Å². The first-order valence-electron chi connectivity index (χ1n) is 5.35. The predicted molar refractivity (Wildman–Crippen MR) is 56.8 cm³/mol. The van der Waals surface area contributed by atoms with Gasteiger partial charge in [0.15, 0.2) is 0 Å². The normalized spacial score (nSPS) is 19.1. The van der Waals surface area contributed by atoms with Crippen molar-refractivity contribution in [3.8, 4) is 0 Å². The van der Waals surface area contributed by atoms with Crippen molar-refractivity contribution in [2.24, 2.45) is 0 Å². The summed E-state index contributed by atoms with van der Waals surface area (Å²) in [6.07, 6.45) is 1.35. The Morgan fingerprint density at radius 3 is 2.83 bits per heavy atom. The maximum atomic E-state index is 13.4. The monoisotopic (exact) mass is 258 g/mol. The fourth-order valence-electron chi connectivity index (χ4n) is 1.85. The molecular weight excluding hydrogens is 247 g/mol. The van der Waals surface area contributed by atoms with E-state index in [0.29, 0.717) is 17.6 Å². The first-order chi connectivity index (χ1) is 8.50. The van der Waals surface area contributed by atoms with Gasteiger partial charge in [0.2, 0.25) is 5.82 Å². The van der Waals surface area contributed by atoms with Crippen molar-refractivity contribution < 1.29 is 19.0 Å². The number of rotatable bonds is 3. The third-order valence-corrected chi connectivity index (χ3v) is 2.66. The number of carboxylic acids is 1. The van der Waals surface area contributed by atoms with Gasteiger partial charge in [0.05, 0.1) is 6.20 Å². The zero-order valence-corrected chi connectivity index (χ0v) is 9.34. The highest BCUT2D eigenvalue weighted by Crippen LogP contribution is 2.20. The van der Waals surface area contributed by atoms with Crippen molar-refractivity contribution in [2.45, 2.75) is 25.6 Å². The summed E-state index contributed by atoms with van der Waals surface area (Å²) in [6, 6.07) is 0. The van der Waals surface area contributed by atoms with Crippen LogP contribution in [0.25, 0.3) is 0 Å². The van der Waals surface area contributed by atoms with Gasteiger partial charge < -0.3 is 9.84 Å². The summed E-state index contributed by atoms with van der Waals surface area (Å²) in [7, 11) is 0. The summed E-state index contributed by atoms with van der Waals surface area (Å²) in [5, 5.41) is 8.60. The third-order valence-electron chi connectivity index (χ3n) is 2.66. The summed E-state index contributed by atoms with van der Waals surface area (Å²) >= 11 is 0. The molecule has 7 nitrogen and oxygen atoms in total. The predicted octanol–water partition coefficient (Wildman–Crippen LogP) is -0.457. The van der Waals surface area contributed by atoms with Crippen molar-refractivity contribution in [2.75, 3.05) is 6.61 Å². The highest BCUT2D eigenvalue weighted by Gasteiger charge is 2.22. The van der Waals surface area contributed by atoms with Crippen LogP contribution in [-0.4, -0.2) is 26.8 Å². The Morgan fingerprint density at radius 1 is 1.56 bits per heavy atom. The van der Waals surface area contributed by atoms with E-state index in [9.17, 15) is 18.8 Å². The molecule has 1 aromatic rings. The van der Waals surface area contributed by atoms with Crippen LogP contribution in [0.5, 0.6) is 0 Å². The van der Waals surface area contributed by atoms with E-state index in [2.05, 4.69) is 0 Å². The Kier molecular flexibility index (Phi) is 3.28. The van der Waals surface area contributed by atoms with Gasteiger partial charge in [-0.15, -0.1) is 0 Å². The summed E-state index contributed by atoms with van der Waals surface area (Å²) in [4.78, 5) is 33.8. The minimum absolute atomic E-state index is 0.347. The smallest absolute Gasteiger partial charge is 0.333 e. The molecule has 0 unspecified atom stereocenters. The Bertz CT molecular complexity index is 585. The Labute approximate surface area is 100 Å². The fraction of sp³-hybridized carbons (Fsp3) is 0.500. The summed E-state index contributed by atoms with van der Waals surface area (Å²) < 4.78 is 19.9. The van der Waals surface area contributed by atoms with Crippen LogP contribution in [0.3, 0.4) is 0 Å². The Hall–Kier alpha value is -1.96. The number of aromatic nitrogens is 2. The number of ether oxygens (including phenoxy) is 1. The van der Waals surface area contributed by atoms with E-state index in [-0.39, 0.29) is 0 Å². The molecule has 1 N–H and O–H groups in total. The highest BCUT2D eigenvalue weighted by molar-refractivity contribution is 5.66. The van der Waals surface area contributed by atoms with Gasteiger partial charge in [0, 0.05) is 6.61 Å². The van der Waals surface area contributed by atoms with Crippen LogP contribution in [0.2, 0.25) is 0 Å². The van der Waals surface area contributed by atoms with Gasteiger partial charge in [0.1, 0.15) is 12.8 Å². The lowest BCUT2D eigenvalue weighted by molar-refractivity contribution is -0.137. The molecule has 2 rings (SSSR count). The van der Waals surface area contributed by atoms with Gasteiger partial charge in [-0.05, 0) is 12.8 Å². The average Bonchev–Trinajstić information content (AvgIpc) is 2.82. The number of hydrogen-bond acceptors (Lipinski definition) is 4. The van der Waals surface area contributed by atoms with Crippen molar-refractivity contribution in [1.82, 2.24) is 9.13 Å². The van der Waals surface area contributed by atoms with Crippen molar-refractivity contribution in [3.63, 3.8) is 0 Å². The molecule has 1 fully saturated rings. The fourth-order valence-corrected chi connectivity index (χ4v) is 1.85. The van der Waals surface area contributed by atoms with Crippen LogP contribution in [0.4, 0.5) is 4.39 Å². The van der Waals surface area contributed by atoms with E-state index in [1.807, 2.05) is 0 Å². The molecule has 1 atom stereocenters. The molecule has 0 radical (unpaired) electrons. The van der Waals surface area contributed by atoms with Gasteiger partial charge in [-0.25, -0.2) is 9.36 Å². The topological polar surface area (TPSA) is 90.5 Å². The van der Waals surface area contributed by atoms with Crippen molar-refractivity contribution in [1.29, 1.82) is 0 Å². The third kappa shape index (κ3) is 2.19. The van der Waals surface area contributed by atoms with Crippen LogP contribution < -0.4 is 11.2 Å². The molecule has 0 amide bonds. The summed E-state index contributed by atoms with van der Waals surface area (Å²) in [5.41, 5.74) is -2.12. The van der Waals surface area contributed by atoms with E-state index in [1.165, 1.54) is 0 Å². The molecule has 0 saturated carbocycles. The van der Waals surface area contributed by atoms with Crippen LogP contribution in [0, 0.1) is 5.82 Å². The minimum atomic E-state index is -1.39. The molecule has 0 bridgehead atoms. The number of hydrogen-bond donors (Lipinski definition) is 1. The standard InChI is InChI=1S/C10H11FN2O5/c11-6-4-12(7-2-1-3-18-7)10(17)13(9(6)16)5-8(14)15/h4,7H,1-3,5H2,(H,14,15)/t7-/m1/s1.